The van der Waals surface area contributed by atoms with Crippen LogP contribution in [0, 0.1) is 11.6 Å². The molecule has 0 amide bonds. The summed E-state index contributed by atoms with van der Waals surface area (Å²) in [5.41, 5.74) is 1.04. The molecule has 122 valence electrons. The summed E-state index contributed by atoms with van der Waals surface area (Å²) in [4.78, 5) is -0.459. The van der Waals surface area contributed by atoms with E-state index in [4.69, 9.17) is 0 Å². The van der Waals surface area contributed by atoms with Gasteiger partial charge in [0.05, 0.1) is 0 Å². The third-order valence-corrected chi connectivity index (χ3v) is 6.10. The Balaban J connectivity index is 1.89. The highest BCUT2D eigenvalue weighted by molar-refractivity contribution is 7.89. The molecule has 23 heavy (non-hydrogen) atoms. The molecule has 0 saturated carbocycles. The van der Waals surface area contributed by atoms with Crippen LogP contribution < -0.4 is 0 Å². The van der Waals surface area contributed by atoms with Crippen molar-refractivity contribution in [2.75, 3.05) is 6.54 Å². The molecule has 1 saturated heterocycles. The molecule has 1 fully saturated rings. The second-order valence-electron chi connectivity index (χ2n) is 5.68. The summed E-state index contributed by atoms with van der Waals surface area (Å²) in [6.07, 6.45) is 2.05. The molecule has 1 aliphatic heterocycles. The predicted octanol–water partition coefficient (Wildman–Crippen LogP) is 3.36. The van der Waals surface area contributed by atoms with E-state index in [0.29, 0.717) is 19.0 Å². The third-order valence-electron chi connectivity index (χ3n) is 4.12. The van der Waals surface area contributed by atoms with Crippen LogP contribution in [0.4, 0.5) is 8.78 Å². The molecule has 0 aromatic heterocycles. The summed E-state index contributed by atoms with van der Waals surface area (Å²) >= 11 is 0. The molecule has 0 aliphatic carbocycles. The maximum atomic E-state index is 13.9. The summed E-state index contributed by atoms with van der Waals surface area (Å²) in [7, 11) is -3.96. The Morgan fingerprint density at radius 3 is 2.52 bits per heavy atom. The van der Waals surface area contributed by atoms with Crippen LogP contribution in [0.5, 0.6) is 0 Å². The zero-order valence-electron chi connectivity index (χ0n) is 12.5. The normalized spacial score (nSPS) is 19.1. The van der Waals surface area contributed by atoms with Gasteiger partial charge in [-0.1, -0.05) is 30.3 Å². The smallest absolute Gasteiger partial charge is 0.207 e. The topological polar surface area (TPSA) is 37.4 Å². The van der Waals surface area contributed by atoms with Gasteiger partial charge in [0.25, 0.3) is 0 Å². The molecule has 2 aromatic carbocycles. The van der Waals surface area contributed by atoms with Gasteiger partial charge < -0.3 is 0 Å². The van der Waals surface area contributed by atoms with E-state index in [-0.39, 0.29) is 6.04 Å². The Morgan fingerprint density at radius 1 is 1.09 bits per heavy atom. The number of halogens is 2. The molecule has 0 radical (unpaired) electrons. The van der Waals surface area contributed by atoms with E-state index in [9.17, 15) is 17.2 Å². The zero-order chi connectivity index (χ0) is 16.4. The molecule has 6 heteroatoms. The van der Waals surface area contributed by atoms with E-state index in [0.717, 1.165) is 30.5 Å². The lowest BCUT2D eigenvalue weighted by atomic mass is 10.1. The Kier molecular flexibility index (Phi) is 4.46. The summed E-state index contributed by atoms with van der Waals surface area (Å²) in [6.45, 7) is 0.358. The van der Waals surface area contributed by atoms with Gasteiger partial charge in [0.15, 0.2) is 0 Å². The fourth-order valence-corrected chi connectivity index (χ4v) is 4.77. The van der Waals surface area contributed by atoms with E-state index in [1.54, 1.807) is 0 Å². The largest absolute Gasteiger partial charge is 0.246 e. The predicted molar refractivity (Wildman–Crippen MR) is 83.4 cm³/mol. The Labute approximate surface area is 134 Å². The molecule has 2 aromatic rings. The Morgan fingerprint density at radius 2 is 1.83 bits per heavy atom. The second-order valence-corrected chi connectivity index (χ2v) is 7.54. The summed E-state index contributed by atoms with van der Waals surface area (Å²) in [6, 6.07) is 12.0. The standard InChI is InChI=1S/C17H17F2NO2S/c18-14-8-9-17(16(19)12-14)23(21,22)20-10-4-7-15(20)11-13-5-2-1-3-6-13/h1-3,5-6,8-9,12,15H,4,7,10-11H2. The molecule has 3 rings (SSSR count). The summed E-state index contributed by atoms with van der Waals surface area (Å²) < 4.78 is 53.7. The van der Waals surface area contributed by atoms with Gasteiger partial charge in [-0.15, -0.1) is 0 Å². The van der Waals surface area contributed by atoms with Crippen molar-refractivity contribution in [2.24, 2.45) is 0 Å². The maximum Gasteiger partial charge on any atom is 0.246 e. The van der Waals surface area contributed by atoms with Crippen molar-refractivity contribution in [3.63, 3.8) is 0 Å². The first-order chi connectivity index (χ1) is 11.0. The first-order valence-electron chi connectivity index (χ1n) is 7.49. The van der Waals surface area contributed by atoms with Gasteiger partial charge in [-0.2, -0.15) is 4.31 Å². The molecular formula is C17H17F2NO2S. The minimum Gasteiger partial charge on any atom is -0.207 e. The van der Waals surface area contributed by atoms with Gasteiger partial charge in [0.1, 0.15) is 16.5 Å². The van der Waals surface area contributed by atoms with Gasteiger partial charge in [-0.05, 0) is 37.0 Å². The van der Waals surface area contributed by atoms with Crippen LogP contribution in [0.2, 0.25) is 0 Å². The fourth-order valence-electron chi connectivity index (χ4n) is 3.03. The zero-order valence-corrected chi connectivity index (χ0v) is 13.3. The first kappa shape index (κ1) is 16.1. The second kappa shape index (κ2) is 6.37. The minimum atomic E-state index is -3.96. The van der Waals surface area contributed by atoms with Gasteiger partial charge in [-0.3, -0.25) is 0 Å². The molecule has 1 unspecified atom stereocenters. The van der Waals surface area contributed by atoms with Gasteiger partial charge >= 0.3 is 0 Å². The lowest BCUT2D eigenvalue weighted by Gasteiger charge is -2.24. The summed E-state index contributed by atoms with van der Waals surface area (Å²) in [5, 5.41) is 0. The SMILES string of the molecule is O=S(=O)(c1ccc(F)cc1F)N1CCCC1Cc1ccccc1. The van der Waals surface area contributed by atoms with Gasteiger partial charge in [0, 0.05) is 18.7 Å². The van der Waals surface area contributed by atoms with E-state index in [2.05, 4.69) is 0 Å². The van der Waals surface area contributed by atoms with Crippen molar-refractivity contribution in [3.8, 4) is 0 Å². The number of nitrogens with zero attached hydrogens (tertiary/aromatic N) is 1. The monoisotopic (exact) mass is 337 g/mol. The molecule has 1 atom stereocenters. The fraction of sp³-hybridized carbons (Fsp3) is 0.294. The Hall–Kier alpha value is -1.79. The number of benzene rings is 2. The number of sulfonamides is 1. The number of hydrogen-bond donors (Lipinski definition) is 0. The third kappa shape index (κ3) is 3.28. The van der Waals surface area contributed by atoms with E-state index in [1.165, 1.54) is 4.31 Å². The first-order valence-corrected chi connectivity index (χ1v) is 8.93. The quantitative estimate of drug-likeness (QED) is 0.858. The van der Waals surface area contributed by atoms with Gasteiger partial charge in [-0.25, -0.2) is 17.2 Å². The minimum absolute atomic E-state index is 0.202. The van der Waals surface area contributed by atoms with E-state index < -0.39 is 26.6 Å². The van der Waals surface area contributed by atoms with Crippen molar-refractivity contribution in [1.82, 2.24) is 4.31 Å². The molecule has 0 spiro atoms. The maximum absolute atomic E-state index is 13.9. The highest BCUT2D eigenvalue weighted by atomic mass is 32.2. The molecule has 3 nitrogen and oxygen atoms in total. The number of rotatable bonds is 4. The molecular weight excluding hydrogens is 320 g/mol. The van der Waals surface area contributed by atoms with Crippen molar-refractivity contribution >= 4 is 10.0 Å². The Bertz CT molecular complexity index is 793. The van der Waals surface area contributed by atoms with Crippen LogP contribution in [0.3, 0.4) is 0 Å². The van der Waals surface area contributed by atoms with E-state index in [1.807, 2.05) is 30.3 Å². The number of hydrogen-bond acceptors (Lipinski definition) is 2. The summed E-state index contributed by atoms with van der Waals surface area (Å²) in [5.74, 6) is -1.83. The van der Waals surface area contributed by atoms with Gasteiger partial charge in [0.2, 0.25) is 10.0 Å². The highest BCUT2D eigenvalue weighted by Gasteiger charge is 2.36. The van der Waals surface area contributed by atoms with Crippen LogP contribution in [0.25, 0.3) is 0 Å². The van der Waals surface area contributed by atoms with Crippen LogP contribution in [0.15, 0.2) is 53.4 Å². The molecule has 0 N–H and O–H groups in total. The van der Waals surface area contributed by atoms with Crippen molar-refractivity contribution in [3.05, 3.63) is 65.7 Å². The average molecular weight is 337 g/mol. The highest BCUT2D eigenvalue weighted by Crippen LogP contribution is 2.29. The molecule has 1 heterocycles. The van der Waals surface area contributed by atoms with E-state index >= 15 is 0 Å². The van der Waals surface area contributed by atoms with Crippen molar-refractivity contribution in [2.45, 2.75) is 30.2 Å². The van der Waals surface area contributed by atoms with Crippen LogP contribution in [0.1, 0.15) is 18.4 Å². The lowest BCUT2D eigenvalue weighted by molar-refractivity contribution is 0.383. The molecule has 0 bridgehead atoms. The van der Waals surface area contributed by atoms with Crippen molar-refractivity contribution in [1.29, 1.82) is 0 Å². The average Bonchev–Trinajstić information content (AvgIpc) is 2.97. The van der Waals surface area contributed by atoms with Crippen LogP contribution in [-0.2, 0) is 16.4 Å². The van der Waals surface area contributed by atoms with Crippen LogP contribution >= 0.6 is 0 Å². The lowest BCUT2D eigenvalue weighted by Crippen LogP contribution is -2.37. The molecule has 1 aliphatic rings. The van der Waals surface area contributed by atoms with Crippen LogP contribution in [-0.4, -0.2) is 25.3 Å². The van der Waals surface area contributed by atoms with Crippen molar-refractivity contribution < 1.29 is 17.2 Å².